The van der Waals surface area contributed by atoms with E-state index in [1.165, 1.54) is 27.8 Å². The van der Waals surface area contributed by atoms with Crippen molar-refractivity contribution in [1.29, 1.82) is 0 Å². The molecule has 1 aromatic rings. The van der Waals surface area contributed by atoms with Crippen LogP contribution in [0.3, 0.4) is 0 Å². The SMILES string of the molecule is C=C(C)CCc1cc(C(C)(C)C)c(C)c(C(C)(C)C)c1.CC.CC. The van der Waals surface area contributed by atoms with Crippen LogP contribution in [0.25, 0.3) is 0 Å². The van der Waals surface area contributed by atoms with Gasteiger partial charge in [0.05, 0.1) is 0 Å². The highest BCUT2D eigenvalue weighted by Gasteiger charge is 2.24. The molecule has 0 heterocycles. The van der Waals surface area contributed by atoms with Crippen molar-refractivity contribution in [2.75, 3.05) is 0 Å². The Kier molecular flexibility index (Phi) is 11.3. The van der Waals surface area contributed by atoms with Gasteiger partial charge in [0, 0.05) is 0 Å². The van der Waals surface area contributed by atoms with Crippen LogP contribution in [0, 0.1) is 6.92 Å². The van der Waals surface area contributed by atoms with E-state index in [-0.39, 0.29) is 10.8 Å². The predicted molar refractivity (Wildman–Crippen MR) is 114 cm³/mol. The standard InChI is InChI=1S/C20H32.2C2H6/c1-14(2)10-11-16-12-17(19(4,5)6)15(3)18(13-16)20(7,8)9;2*1-2/h12-13H,1,10-11H2,2-9H3;2*1-2H3. The summed E-state index contributed by atoms with van der Waals surface area (Å²) < 4.78 is 0. The van der Waals surface area contributed by atoms with Crippen molar-refractivity contribution in [3.8, 4) is 0 Å². The largest absolute Gasteiger partial charge is 0.100 e. The van der Waals surface area contributed by atoms with E-state index < -0.39 is 0 Å². The number of hydrogen-bond acceptors (Lipinski definition) is 0. The Hall–Kier alpha value is -1.04. The lowest BCUT2D eigenvalue weighted by molar-refractivity contribution is 0.559. The Morgan fingerprint density at radius 3 is 1.42 bits per heavy atom. The second kappa shape index (κ2) is 10.7. The highest BCUT2D eigenvalue weighted by Crippen LogP contribution is 2.35. The Morgan fingerprint density at radius 2 is 1.17 bits per heavy atom. The summed E-state index contributed by atoms with van der Waals surface area (Å²) in [5.41, 5.74) is 7.55. The first-order valence-corrected chi connectivity index (χ1v) is 9.72. The minimum Gasteiger partial charge on any atom is -0.100 e. The van der Waals surface area contributed by atoms with Gasteiger partial charge in [0.25, 0.3) is 0 Å². The quantitative estimate of drug-likeness (QED) is 0.490. The first kappa shape index (κ1) is 25.2. The van der Waals surface area contributed by atoms with Gasteiger partial charge in [0.1, 0.15) is 0 Å². The molecule has 140 valence electrons. The minimum atomic E-state index is 0.198. The highest BCUT2D eigenvalue weighted by atomic mass is 14.3. The molecule has 0 nitrogen and oxygen atoms in total. The van der Waals surface area contributed by atoms with Gasteiger partial charge >= 0.3 is 0 Å². The summed E-state index contributed by atoms with van der Waals surface area (Å²) >= 11 is 0. The van der Waals surface area contributed by atoms with Gasteiger partial charge in [-0.15, -0.1) is 6.58 Å². The van der Waals surface area contributed by atoms with E-state index in [9.17, 15) is 0 Å². The van der Waals surface area contributed by atoms with Crippen molar-refractivity contribution in [3.05, 3.63) is 46.5 Å². The summed E-state index contributed by atoms with van der Waals surface area (Å²) in [6, 6.07) is 4.82. The third-order valence-electron chi connectivity index (χ3n) is 3.92. The van der Waals surface area contributed by atoms with E-state index in [0.717, 1.165) is 12.8 Å². The lowest BCUT2D eigenvalue weighted by Crippen LogP contribution is -2.20. The van der Waals surface area contributed by atoms with Crippen LogP contribution in [-0.2, 0) is 17.3 Å². The van der Waals surface area contributed by atoms with Crippen molar-refractivity contribution in [1.82, 2.24) is 0 Å². The second-order valence-electron chi connectivity index (χ2n) is 8.27. The lowest BCUT2D eigenvalue weighted by atomic mass is 9.75. The molecule has 0 amide bonds. The van der Waals surface area contributed by atoms with Crippen LogP contribution in [0.15, 0.2) is 24.3 Å². The number of allylic oxidation sites excluding steroid dienone is 1. The third-order valence-corrected chi connectivity index (χ3v) is 3.92. The molecule has 24 heavy (non-hydrogen) atoms. The van der Waals surface area contributed by atoms with Gasteiger partial charge in [-0.2, -0.15) is 0 Å². The maximum atomic E-state index is 4.03. The lowest BCUT2D eigenvalue weighted by Gasteiger charge is -2.30. The van der Waals surface area contributed by atoms with Gasteiger partial charge < -0.3 is 0 Å². The fraction of sp³-hybridized carbons (Fsp3) is 0.667. The summed E-state index contributed by atoms with van der Waals surface area (Å²) in [6.45, 7) is 30.3. The molecule has 0 aromatic heterocycles. The van der Waals surface area contributed by atoms with Crippen LogP contribution < -0.4 is 0 Å². The van der Waals surface area contributed by atoms with Crippen LogP contribution in [0.1, 0.15) is 105 Å². The van der Waals surface area contributed by atoms with Crippen LogP contribution in [0.2, 0.25) is 0 Å². The molecule has 0 aliphatic carbocycles. The topological polar surface area (TPSA) is 0 Å². The van der Waals surface area contributed by atoms with Gasteiger partial charge in [-0.05, 0) is 59.8 Å². The van der Waals surface area contributed by atoms with Gasteiger partial charge in [-0.3, -0.25) is 0 Å². The molecule has 0 heteroatoms. The molecular weight excluding hydrogens is 288 g/mol. The molecule has 0 aliphatic heterocycles. The predicted octanol–water partition coefficient (Wildman–Crippen LogP) is 8.15. The maximum Gasteiger partial charge on any atom is -0.0129 e. The average molecular weight is 333 g/mol. The zero-order valence-corrected chi connectivity index (χ0v) is 18.8. The van der Waals surface area contributed by atoms with E-state index >= 15 is 0 Å². The molecular formula is C24H44. The smallest absolute Gasteiger partial charge is 0.0129 e. The number of hydrogen-bond donors (Lipinski definition) is 0. The molecule has 1 rings (SSSR count). The molecule has 0 saturated heterocycles. The minimum absolute atomic E-state index is 0.198. The van der Waals surface area contributed by atoms with Crippen LogP contribution >= 0.6 is 0 Å². The number of rotatable bonds is 3. The molecule has 0 spiro atoms. The Morgan fingerprint density at radius 1 is 0.833 bits per heavy atom. The van der Waals surface area contributed by atoms with E-state index in [4.69, 9.17) is 0 Å². The van der Waals surface area contributed by atoms with Gasteiger partial charge in [0.15, 0.2) is 0 Å². The Balaban J connectivity index is 0. The Labute approximate surface area is 153 Å². The van der Waals surface area contributed by atoms with Gasteiger partial charge in [-0.25, -0.2) is 0 Å². The van der Waals surface area contributed by atoms with Gasteiger partial charge in [-0.1, -0.05) is 86.9 Å². The summed E-state index contributed by atoms with van der Waals surface area (Å²) in [6.07, 6.45) is 2.18. The molecule has 1 aromatic carbocycles. The van der Waals surface area contributed by atoms with Gasteiger partial charge in [0.2, 0.25) is 0 Å². The summed E-state index contributed by atoms with van der Waals surface area (Å²) in [5.74, 6) is 0. The molecule has 0 saturated carbocycles. The molecule has 0 bridgehead atoms. The van der Waals surface area contributed by atoms with E-state index in [1.54, 1.807) is 0 Å². The van der Waals surface area contributed by atoms with Crippen molar-refractivity contribution < 1.29 is 0 Å². The molecule has 0 fully saturated rings. The first-order valence-electron chi connectivity index (χ1n) is 9.72. The van der Waals surface area contributed by atoms with Crippen molar-refractivity contribution >= 4 is 0 Å². The summed E-state index contributed by atoms with van der Waals surface area (Å²) in [4.78, 5) is 0. The van der Waals surface area contributed by atoms with Crippen molar-refractivity contribution in [2.45, 2.75) is 107 Å². The van der Waals surface area contributed by atoms with Crippen LogP contribution in [-0.4, -0.2) is 0 Å². The molecule has 0 atom stereocenters. The monoisotopic (exact) mass is 332 g/mol. The fourth-order valence-corrected chi connectivity index (χ4v) is 2.83. The number of benzene rings is 1. The Bertz CT molecular complexity index is 455. The third kappa shape index (κ3) is 8.18. The summed E-state index contributed by atoms with van der Waals surface area (Å²) in [7, 11) is 0. The fourth-order valence-electron chi connectivity index (χ4n) is 2.83. The van der Waals surface area contributed by atoms with Crippen LogP contribution in [0.4, 0.5) is 0 Å². The van der Waals surface area contributed by atoms with E-state index in [1.807, 2.05) is 27.7 Å². The maximum absolute atomic E-state index is 4.03. The first-order chi connectivity index (χ1) is 10.9. The molecule has 0 aliphatic rings. The zero-order chi connectivity index (χ0) is 19.7. The summed E-state index contributed by atoms with van der Waals surface area (Å²) in [5, 5.41) is 0. The normalized spacial score (nSPS) is 11.0. The van der Waals surface area contributed by atoms with Crippen LogP contribution in [0.5, 0.6) is 0 Å². The van der Waals surface area contributed by atoms with E-state index in [2.05, 4.69) is 74.1 Å². The molecule has 0 N–H and O–H groups in total. The zero-order valence-electron chi connectivity index (χ0n) is 18.8. The average Bonchev–Trinajstić information content (AvgIpc) is 2.47. The molecule has 0 radical (unpaired) electrons. The van der Waals surface area contributed by atoms with Crippen molar-refractivity contribution in [3.63, 3.8) is 0 Å². The highest BCUT2D eigenvalue weighted by molar-refractivity contribution is 5.45. The van der Waals surface area contributed by atoms with Crippen molar-refractivity contribution in [2.24, 2.45) is 0 Å². The second-order valence-corrected chi connectivity index (χ2v) is 8.27. The number of aryl methyl sites for hydroxylation is 1. The van der Waals surface area contributed by atoms with E-state index in [0.29, 0.717) is 0 Å². The molecule has 0 unspecified atom stereocenters.